The van der Waals surface area contributed by atoms with Gasteiger partial charge in [0.1, 0.15) is 5.82 Å². The number of guanidine groups is 1. The Morgan fingerprint density at radius 1 is 1.20 bits per heavy atom. The minimum Gasteiger partial charge on any atom is -0.356 e. The predicted molar refractivity (Wildman–Crippen MR) is 117 cm³/mol. The first-order chi connectivity index (χ1) is 14.5. The molecule has 1 aromatic carbocycles. The number of nitrogens with zero attached hydrogens (tertiary/aromatic N) is 5. The summed E-state index contributed by atoms with van der Waals surface area (Å²) >= 11 is 0. The average molecular weight is 414 g/mol. The summed E-state index contributed by atoms with van der Waals surface area (Å²) in [6.45, 7) is 2.66. The van der Waals surface area contributed by atoms with Gasteiger partial charge in [0.2, 0.25) is 0 Å². The van der Waals surface area contributed by atoms with E-state index in [1.165, 1.54) is 0 Å². The van der Waals surface area contributed by atoms with Crippen molar-refractivity contribution in [1.82, 2.24) is 29.9 Å². The van der Waals surface area contributed by atoms with E-state index in [0.717, 1.165) is 43.6 Å². The van der Waals surface area contributed by atoms with Crippen molar-refractivity contribution >= 4 is 11.9 Å². The lowest BCUT2D eigenvalue weighted by atomic mass is 10.1. The standard InChI is InChI=1S/C21H31N7O2/c1-22-20(24-15-16-8-10-17(11-9-16)19(29)26(2)3)23-12-6-14-28-21(30)27-13-5-4-7-18(27)25-28/h8-11H,4-7,12-15H2,1-3H3,(H2,22,23,24). The highest BCUT2D eigenvalue weighted by Crippen LogP contribution is 2.09. The molecule has 0 aliphatic carbocycles. The topological polar surface area (TPSA) is 96.5 Å². The van der Waals surface area contributed by atoms with E-state index in [9.17, 15) is 9.59 Å². The van der Waals surface area contributed by atoms with Gasteiger partial charge in [-0.2, -0.15) is 5.10 Å². The molecule has 2 heterocycles. The molecule has 9 heteroatoms. The number of rotatable bonds is 7. The van der Waals surface area contributed by atoms with Crippen LogP contribution in [-0.2, 0) is 26.1 Å². The lowest BCUT2D eigenvalue weighted by Crippen LogP contribution is -2.38. The lowest BCUT2D eigenvalue weighted by molar-refractivity contribution is 0.0827. The Morgan fingerprint density at radius 3 is 2.63 bits per heavy atom. The number of amides is 1. The van der Waals surface area contributed by atoms with E-state index in [4.69, 9.17) is 0 Å². The van der Waals surface area contributed by atoms with Crippen molar-refractivity contribution in [2.75, 3.05) is 27.7 Å². The lowest BCUT2D eigenvalue weighted by Gasteiger charge is -2.13. The first-order valence-electron chi connectivity index (χ1n) is 10.4. The monoisotopic (exact) mass is 413 g/mol. The molecule has 0 saturated heterocycles. The van der Waals surface area contributed by atoms with E-state index in [-0.39, 0.29) is 11.6 Å². The van der Waals surface area contributed by atoms with Crippen LogP contribution in [0.3, 0.4) is 0 Å². The van der Waals surface area contributed by atoms with Gasteiger partial charge in [0.05, 0.1) is 0 Å². The number of nitrogens with one attached hydrogen (secondary N) is 2. The van der Waals surface area contributed by atoms with Crippen LogP contribution >= 0.6 is 0 Å². The number of benzene rings is 1. The second kappa shape index (κ2) is 10.1. The molecule has 0 saturated carbocycles. The highest BCUT2D eigenvalue weighted by atomic mass is 16.2. The maximum atomic E-state index is 12.3. The predicted octanol–water partition coefficient (Wildman–Crippen LogP) is 0.838. The number of fused-ring (bicyclic) bond motifs is 1. The molecular formula is C21H31N7O2. The summed E-state index contributed by atoms with van der Waals surface area (Å²) in [5, 5.41) is 11.0. The molecule has 9 nitrogen and oxygen atoms in total. The number of aromatic nitrogens is 3. The molecule has 0 bridgehead atoms. The number of hydrogen-bond acceptors (Lipinski definition) is 4. The number of carbonyl (C=O) groups is 1. The maximum Gasteiger partial charge on any atom is 0.345 e. The molecule has 1 amide bonds. The zero-order chi connectivity index (χ0) is 21.5. The molecule has 3 rings (SSSR count). The van der Waals surface area contributed by atoms with E-state index in [1.54, 1.807) is 35.3 Å². The molecule has 1 aliphatic rings. The molecule has 30 heavy (non-hydrogen) atoms. The van der Waals surface area contributed by atoms with Crippen molar-refractivity contribution in [3.8, 4) is 0 Å². The van der Waals surface area contributed by atoms with Gasteiger partial charge in [-0.15, -0.1) is 0 Å². The largest absolute Gasteiger partial charge is 0.356 e. The van der Waals surface area contributed by atoms with Gasteiger partial charge in [0.25, 0.3) is 5.91 Å². The van der Waals surface area contributed by atoms with Crippen LogP contribution in [0.25, 0.3) is 0 Å². The normalized spacial score (nSPS) is 13.6. The minimum atomic E-state index is -0.00958. The van der Waals surface area contributed by atoms with Crippen molar-refractivity contribution in [2.45, 2.75) is 45.3 Å². The van der Waals surface area contributed by atoms with E-state index in [2.05, 4.69) is 20.7 Å². The van der Waals surface area contributed by atoms with Crippen LogP contribution in [0.1, 0.15) is 41.0 Å². The smallest absolute Gasteiger partial charge is 0.345 e. The third-order valence-corrected chi connectivity index (χ3v) is 5.16. The highest BCUT2D eigenvalue weighted by molar-refractivity contribution is 5.93. The van der Waals surface area contributed by atoms with Crippen LogP contribution in [0.15, 0.2) is 34.1 Å². The SMILES string of the molecule is CN=C(NCCCn1nc2n(c1=O)CCCC2)NCc1ccc(C(=O)N(C)C)cc1. The van der Waals surface area contributed by atoms with Gasteiger partial charge in [-0.1, -0.05) is 12.1 Å². The first-order valence-corrected chi connectivity index (χ1v) is 10.4. The molecule has 162 valence electrons. The summed E-state index contributed by atoms with van der Waals surface area (Å²) in [5.41, 5.74) is 1.73. The summed E-state index contributed by atoms with van der Waals surface area (Å²) in [7, 11) is 5.21. The van der Waals surface area contributed by atoms with Crippen LogP contribution in [0, 0.1) is 0 Å². The Bertz CT molecular complexity index is 941. The highest BCUT2D eigenvalue weighted by Gasteiger charge is 2.16. The number of carbonyl (C=O) groups excluding carboxylic acids is 1. The van der Waals surface area contributed by atoms with Gasteiger partial charge >= 0.3 is 5.69 Å². The van der Waals surface area contributed by atoms with E-state index in [1.807, 2.05) is 24.3 Å². The van der Waals surface area contributed by atoms with Gasteiger partial charge in [0, 0.05) is 59.3 Å². The molecule has 2 aromatic rings. The van der Waals surface area contributed by atoms with Crippen molar-refractivity contribution in [3.63, 3.8) is 0 Å². The summed E-state index contributed by atoms with van der Waals surface area (Å²) < 4.78 is 3.38. The Morgan fingerprint density at radius 2 is 1.97 bits per heavy atom. The number of hydrogen-bond donors (Lipinski definition) is 2. The van der Waals surface area contributed by atoms with E-state index < -0.39 is 0 Å². The van der Waals surface area contributed by atoms with Crippen molar-refractivity contribution in [2.24, 2.45) is 4.99 Å². The van der Waals surface area contributed by atoms with Crippen LogP contribution in [-0.4, -0.2) is 58.8 Å². The minimum absolute atomic E-state index is 0.00315. The fourth-order valence-corrected chi connectivity index (χ4v) is 3.46. The Balaban J connectivity index is 1.43. The van der Waals surface area contributed by atoms with Gasteiger partial charge in [-0.3, -0.25) is 14.4 Å². The Labute approximate surface area is 176 Å². The van der Waals surface area contributed by atoms with Gasteiger partial charge in [0.15, 0.2) is 5.96 Å². The first kappa shape index (κ1) is 21.6. The van der Waals surface area contributed by atoms with Crippen LogP contribution in [0.2, 0.25) is 0 Å². The third-order valence-electron chi connectivity index (χ3n) is 5.16. The molecule has 1 aliphatic heterocycles. The summed E-state index contributed by atoms with van der Waals surface area (Å²) in [6.07, 6.45) is 3.82. The zero-order valence-corrected chi connectivity index (χ0v) is 18.0. The van der Waals surface area contributed by atoms with Gasteiger partial charge in [-0.05, 0) is 37.0 Å². The summed E-state index contributed by atoms with van der Waals surface area (Å²) in [4.78, 5) is 30.1. The summed E-state index contributed by atoms with van der Waals surface area (Å²) in [5.74, 6) is 1.60. The van der Waals surface area contributed by atoms with Gasteiger partial charge < -0.3 is 15.5 Å². The van der Waals surface area contributed by atoms with E-state index in [0.29, 0.717) is 31.2 Å². The van der Waals surface area contributed by atoms with Crippen LogP contribution in [0.5, 0.6) is 0 Å². The van der Waals surface area contributed by atoms with Crippen molar-refractivity contribution in [3.05, 3.63) is 51.7 Å². The average Bonchev–Trinajstić information content (AvgIpc) is 3.08. The molecule has 0 unspecified atom stereocenters. The molecule has 1 aromatic heterocycles. The number of aryl methyl sites for hydroxylation is 2. The van der Waals surface area contributed by atoms with Crippen LogP contribution < -0.4 is 16.3 Å². The molecule has 0 spiro atoms. The molecule has 0 radical (unpaired) electrons. The third kappa shape index (κ3) is 5.28. The second-order valence-corrected chi connectivity index (χ2v) is 7.63. The van der Waals surface area contributed by atoms with Gasteiger partial charge in [-0.25, -0.2) is 9.48 Å². The van der Waals surface area contributed by atoms with Crippen molar-refractivity contribution in [1.29, 1.82) is 0 Å². The second-order valence-electron chi connectivity index (χ2n) is 7.63. The Kier molecular flexibility index (Phi) is 7.26. The van der Waals surface area contributed by atoms with Crippen LogP contribution in [0.4, 0.5) is 0 Å². The van der Waals surface area contributed by atoms with Crippen molar-refractivity contribution < 1.29 is 4.79 Å². The quantitative estimate of drug-likeness (QED) is 0.398. The molecule has 0 atom stereocenters. The number of aliphatic imine (C=N–C) groups is 1. The fraction of sp³-hybridized carbons (Fsp3) is 0.524. The molecular weight excluding hydrogens is 382 g/mol. The summed E-state index contributed by atoms with van der Waals surface area (Å²) in [6, 6.07) is 7.53. The van der Waals surface area contributed by atoms with E-state index >= 15 is 0 Å². The fourth-order valence-electron chi connectivity index (χ4n) is 3.46. The molecule has 0 fully saturated rings. The molecule has 2 N–H and O–H groups in total. The zero-order valence-electron chi connectivity index (χ0n) is 18.0. The maximum absolute atomic E-state index is 12.3. The Hall–Kier alpha value is -3.10.